The van der Waals surface area contributed by atoms with Crippen molar-refractivity contribution < 1.29 is 4.42 Å². The fourth-order valence-corrected chi connectivity index (χ4v) is 2.87. The van der Waals surface area contributed by atoms with E-state index < -0.39 is 0 Å². The van der Waals surface area contributed by atoms with Gasteiger partial charge in [0.05, 0.1) is 6.26 Å². The Balaban J connectivity index is 2.14. The van der Waals surface area contributed by atoms with Gasteiger partial charge in [-0.15, -0.1) is 0 Å². The molecule has 1 aromatic heterocycles. The van der Waals surface area contributed by atoms with Gasteiger partial charge in [-0.05, 0) is 47.1 Å². The topological polar surface area (TPSA) is 51.2 Å². The lowest BCUT2D eigenvalue weighted by atomic mass is 10.1. The van der Waals surface area contributed by atoms with Gasteiger partial charge in [-0.2, -0.15) is 0 Å². The molecule has 100 valence electrons. The van der Waals surface area contributed by atoms with Crippen LogP contribution in [-0.2, 0) is 6.42 Å². The molecule has 0 aliphatic rings. The van der Waals surface area contributed by atoms with E-state index in [1.54, 1.807) is 6.26 Å². The van der Waals surface area contributed by atoms with E-state index in [1.165, 1.54) is 0 Å². The molecule has 0 saturated heterocycles. The van der Waals surface area contributed by atoms with Crippen molar-refractivity contribution in [3.8, 4) is 0 Å². The van der Waals surface area contributed by atoms with Crippen molar-refractivity contribution >= 4 is 38.8 Å². The van der Waals surface area contributed by atoms with E-state index in [4.69, 9.17) is 22.4 Å². The average molecular weight is 339 g/mol. The van der Waals surface area contributed by atoms with Crippen molar-refractivity contribution in [2.75, 3.05) is 5.32 Å². The zero-order chi connectivity index (χ0) is 13.8. The van der Waals surface area contributed by atoms with E-state index >= 15 is 0 Å². The Morgan fingerprint density at radius 2 is 2.21 bits per heavy atom. The molecule has 1 heterocycles. The summed E-state index contributed by atoms with van der Waals surface area (Å²) in [6.45, 7) is 2.09. The molecule has 1 unspecified atom stereocenters. The largest absolute Gasteiger partial charge is 0.469 e. The maximum Gasteiger partial charge on any atom is 0.107 e. The third-order valence-corrected chi connectivity index (χ3v) is 3.61. The SMILES string of the molecule is CC(Cc1ccco1)Nc1cccc(Br)c1C(N)=S. The van der Waals surface area contributed by atoms with Gasteiger partial charge in [0.15, 0.2) is 0 Å². The Hall–Kier alpha value is -1.33. The van der Waals surface area contributed by atoms with Crippen LogP contribution in [0, 0.1) is 0 Å². The van der Waals surface area contributed by atoms with Crippen LogP contribution in [0.5, 0.6) is 0 Å². The van der Waals surface area contributed by atoms with E-state index in [0.29, 0.717) is 4.99 Å². The van der Waals surface area contributed by atoms with Crippen LogP contribution in [0.25, 0.3) is 0 Å². The second-order valence-electron chi connectivity index (χ2n) is 4.36. The summed E-state index contributed by atoms with van der Waals surface area (Å²) in [7, 11) is 0. The number of nitrogens with two attached hydrogens (primary N) is 1. The zero-order valence-electron chi connectivity index (χ0n) is 10.5. The lowest BCUT2D eigenvalue weighted by molar-refractivity contribution is 0.498. The van der Waals surface area contributed by atoms with Gasteiger partial charge >= 0.3 is 0 Å². The summed E-state index contributed by atoms with van der Waals surface area (Å²) in [4.78, 5) is 0.375. The highest BCUT2D eigenvalue weighted by Gasteiger charge is 2.12. The zero-order valence-corrected chi connectivity index (χ0v) is 12.9. The third-order valence-electron chi connectivity index (χ3n) is 2.75. The molecule has 5 heteroatoms. The van der Waals surface area contributed by atoms with Gasteiger partial charge in [-0.1, -0.05) is 18.3 Å². The number of nitrogens with one attached hydrogen (secondary N) is 1. The smallest absolute Gasteiger partial charge is 0.107 e. The summed E-state index contributed by atoms with van der Waals surface area (Å²) in [5.74, 6) is 0.951. The monoisotopic (exact) mass is 338 g/mol. The lowest BCUT2D eigenvalue weighted by Gasteiger charge is -2.17. The maximum atomic E-state index is 5.77. The first-order valence-corrected chi connectivity index (χ1v) is 7.15. The van der Waals surface area contributed by atoms with Gasteiger partial charge in [0.2, 0.25) is 0 Å². The minimum absolute atomic E-state index is 0.216. The van der Waals surface area contributed by atoms with Crippen LogP contribution in [0.15, 0.2) is 45.5 Å². The fraction of sp³-hybridized carbons (Fsp3) is 0.214. The van der Waals surface area contributed by atoms with Gasteiger partial charge < -0.3 is 15.5 Å². The minimum atomic E-state index is 0.216. The summed E-state index contributed by atoms with van der Waals surface area (Å²) < 4.78 is 6.24. The van der Waals surface area contributed by atoms with Crippen LogP contribution in [-0.4, -0.2) is 11.0 Å². The van der Waals surface area contributed by atoms with Crippen molar-refractivity contribution in [1.29, 1.82) is 0 Å². The first-order chi connectivity index (χ1) is 9.08. The molecule has 0 aliphatic heterocycles. The predicted molar refractivity (Wildman–Crippen MR) is 85.5 cm³/mol. The molecule has 0 bridgehead atoms. The Labute approximate surface area is 126 Å². The molecule has 1 atom stereocenters. The molecule has 0 aliphatic carbocycles. The van der Waals surface area contributed by atoms with Gasteiger partial charge in [-0.25, -0.2) is 0 Å². The number of benzene rings is 1. The third kappa shape index (κ3) is 3.58. The first-order valence-electron chi connectivity index (χ1n) is 5.95. The highest BCUT2D eigenvalue weighted by Crippen LogP contribution is 2.25. The number of furan rings is 1. The van der Waals surface area contributed by atoms with Crippen molar-refractivity contribution in [3.63, 3.8) is 0 Å². The summed E-state index contributed by atoms with van der Waals surface area (Å²) >= 11 is 8.57. The highest BCUT2D eigenvalue weighted by molar-refractivity contribution is 9.10. The summed E-state index contributed by atoms with van der Waals surface area (Å²) in [6, 6.07) is 9.92. The summed E-state index contributed by atoms with van der Waals surface area (Å²) in [5, 5.41) is 3.41. The Kier molecular flexibility index (Phi) is 4.61. The van der Waals surface area contributed by atoms with E-state index in [0.717, 1.165) is 27.9 Å². The van der Waals surface area contributed by atoms with Crippen molar-refractivity contribution in [2.45, 2.75) is 19.4 Å². The first kappa shape index (κ1) is 14.1. The molecule has 3 N–H and O–H groups in total. The molecule has 3 nitrogen and oxygen atoms in total. The maximum absolute atomic E-state index is 5.77. The average Bonchev–Trinajstić information content (AvgIpc) is 2.81. The van der Waals surface area contributed by atoms with E-state index in [1.807, 2.05) is 30.3 Å². The van der Waals surface area contributed by atoms with Crippen LogP contribution in [0.1, 0.15) is 18.2 Å². The number of halogens is 1. The molecule has 0 radical (unpaired) electrons. The predicted octanol–water partition coefficient (Wildman–Crippen LogP) is 3.72. The molecular weight excluding hydrogens is 324 g/mol. The van der Waals surface area contributed by atoms with Crippen LogP contribution in [0.2, 0.25) is 0 Å². The molecule has 1 aromatic carbocycles. The van der Waals surface area contributed by atoms with E-state index in [2.05, 4.69) is 28.2 Å². The second-order valence-corrected chi connectivity index (χ2v) is 5.65. The van der Waals surface area contributed by atoms with Gasteiger partial charge in [-0.3, -0.25) is 0 Å². The Morgan fingerprint density at radius 1 is 1.42 bits per heavy atom. The molecule has 2 rings (SSSR count). The summed E-state index contributed by atoms with van der Waals surface area (Å²) in [6.07, 6.45) is 2.48. The summed E-state index contributed by atoms with van der Waals surface area (Å²) in [5.41, 5.74) is 7.54. The minimum Gasteiger partial charge on any atom is -0.469 e. The van der Waals surface area contributed by atoms with E-state index in [-0.39, 0.29) is 6.04 Å². The molecule has 19 heavy (non-hydrogen) atoms. The lowest BCUT2D eigenvalue weighted by Crippen LogP contribution is -2.21. The Bertz CT molecular complexity index is 569. The molecule has 0 saturated carbocycles. The quantitative estimate of drug-likeness (QED) is 0.815. The van der Waals surface area contributed by atoms with Gasteiger partial charge in [0.25, 0.3) is 0 Å². The van der Waals surface area contributed by atoms with Crippen LogP contribution in [0.3, 0.4) is 0 Å². The van der Waals surface area contributed by atoms with Crippen LogP contribution in [0.4, 0.5) is 5.69 Å². The number of hydrogen-bond acceptors (Lipinski definition) is 3. The second kappa shape index (κ2) is 6.21. The molecular formula is C14H15BrN2OS. The molecule has 0 fully saturated rings. The van der Waals surface area contributed by atoms with Crippen molar-refractivity contribution in [2.24, 2.45) is 5.73 Å². The van der Waals surface area contributed by atoms with Gasteiger partial charge in [0.1, 0.15) is 10.7 Å². The van der Waals surface area contributed by atoms with Crippen molar-refractivity contribution in [3.05, 3.63) is 52.4 Å². The number of hydrogen-bond donors (Lipinski definition) is 2. The molecule has 0 amide bonds. The van der Waals surface area contributed by atoms with Crippen molar-refractivity contribution in [1.82, 2.24) is 0 Å². The standard InChI is InChI=1S/C14H15BrN2OS/c1-9(8-10-4-3-7-18-10)17-12-6-2-5-11(15)13(12)14(16)19/h2-7,9,17H,8H2,1H3,(H2,16,19). The van der Waals surface area contributed by atoms with Crippen LogP contribution >= 0.6 is 28.1 Å². The highest BCUT2D eigenvalue weighted by atomic mass is 79.9. The number of rotatable bonds is 5. The number of anilines is 1. The Morgan fingerprint density at radius 3 is 2.84 bits per heavy atom. The molecule has 0 spiro atoms. The van der Waals surface area contributed by atoms with Crippen LogP contribution < -0.4 is 11.1 Å². The van der Waals surface area contributed by atoms with E-state index in [9.17, 15) is 0 Å². The number of thiocarbonyl (C=S) groups is 1. The normalized spacial score (nSPS) is 12.1. The molecule has 2 aromatic rings. The fourth-order valence-electron chi connectivity index (χ4n) is 1.94. The van der Waals surface area contributed by atoms with Gasteiger partial charge in [0, 0.05) is 28.2 Å².